The van der Waals surface area contributed by atoms with Gasteiger partial charge < -0.3 is 10.2 Å². The largest absolute Gasteiger partial charge is 0.356 e. The van der Waals surface area contributed by atoms with Gasteiger partial charge in [-0.15, -0.1) is 24.0 Å². The molecule has 0 amide bonds. The molecule has 0 aliphatic carbocycles. The minimum Gasteiger partial charge on any atom is -0.356 e. The Bertz CT molecular complexity index is 630. The summed E-state index contributed by atoms with van der Waals surface area (Å²) >= 11 is 0. The third-order valence-electron chi connectivity index (χ3n) is 3.55. The molecule has 1 unspecified atom stereocenters. The maximum Gasteiger partial charge on any atom is 0.193 e. The van der Waals surface area contributed by atoms with Gasteiger partial charge in [0.25, 0.3) is 0 Å². The van der Waals surface area contributed by atoms with Crippen molar-refractivity contribution >= 4 is 29.9 Å². The molecule has 1 aromatic heterocycles. The van der Waals surface area contributed by atoms with Crippen LogP contribution in [0.25, 0.3) is 0 Å². The van der Waals surface area contributed by atoms with E-state index in [1.165, 1.54) is 6.07 Å². The number of aliphatic imine (C=N–C) groups is 1. The van der Waals surface area contributed by atoms with Crippen molar-refractivity contribution in [3.8, 4) is 0 Å². The lowest BCUT2D eigenvalue weighted by atomic mass is 10.2. The Kier molecular flexibility index (Phi) is 8.73. The number of benzene rings is 1. The van der Waals surface area contributed by atoms with Crippen LogP contribution < -0.4 is 5.32 Å². The smallest absolute Gasteiger partial charge is 0.193 e. The topological polar surface area (TPSA) is 45.5 Å². The van der Waals surface area contributed by atoms with E-state index in [4.69, 9.17) is 0 Å². The Labute approximate surface area is 160 Å². The average molecular weight is 445 g/mol. The quantitative estimate of drug-likeness (QED) is 0.423. The minimum absolute atomic E-state index is 0. The zero-order chi connectivity index (χ0) is 16.7. The van der Waals surface area contributed by atoms with Gasteiger partial charge in [0.2, 0.25) is 0 Å². The zero-order valence-corrected chi connectivity index (χ0v) is 16.6. The Morgan fingerprint density at radius 1 is 1.42 bits per heavy atom. The lowest BCUT2D eigenvalue weighted by Gasteiger charge is -2.23. The van der Waals surface area contributed by atoms with Crippen molar-refractivity contribution in [2.45, 2.75) is 20.0 Å². The molecular formula is C17H25FIN5. The highest BCUT2D eigenvalue weighted by Gasteiger charge is 2.09. The molecule has 1 atom stereocenters. The standard InChI is InChI=1S/C17H24FN5.HI/c1-14(12-23-9-5-8-21-23)11-20-17(19-2)22(3)13-15-6-4-7-16(18)10-15;/h4-10,14H,11-13H2,1-3H3,(H,19,20);1H. The van der Waals surface area contributed by atoms with Crippen LogP contribution in [0, 0.1) is 11.7 Å². The monoisotopic (exact) mass is 445 g/mol. The van der Waals surface area contributed by atoms with Gasteiger partial charge in [-0.2, -0.15) is 5.10 Å². The van der Waals surface area contributed by atoms with Crippen LogP contribution in [-0.2, 0) is 13.1 Å². The fourth-order valence-electron chi connectivity index (χ4n) is 2.43. The van der Waals surface area contributed by atoms with Gasteiger partial charge in [-0.05, 0) is 29.7 Å². The number of rotatable bonds is 6. The van der Waals surface area contributed by atoms with Crippen LogP contribution in [0.15, 0.2) is 47.7 Å². The third kappa shape index (κ3) is 6.46. The van der Waals surface area contributed by atoms with E-state index in [0.29, 0.717) is 12.5 Å². The van der Waals surface area contributed by atoms with Crippen LogP contribution in [0.2, 0.25) is 0 Å². The second-order valence-electron chi connectivity index (χ2n) is 5.75. The number of hydrogen-bond donors (Lipinski definition) is 1. The van der Waals surface area contributed by atoms with E-state index in [1.807, 2.05) is 35.0 Å². The Hall–Kier alpha value is -1.64. The first-order valence-electron chi connectivity index (χ1n) is 7.72. The normalized spacial score (nSPS) is 12.4. The second-order valence-corrected chi connectivity index (χ2v) is 5.75. The van der Waals surface area contributed by atoms with Gasteiger partial charge in [0, 0.05) is 46.1 Å². The highest BCUT2D eigenvalue weighted by Crippen LogP contribution is 2.06. The lowest BCUT2D eigenvalue weighted by molar-refractivity contribution is 0.423. The van der Waals surface area contributed by atoms with Gasteiger partial charge in [0.05, 0.1) is 0 Å². The second kappa shape index (κ2) is 10.3. The molecule has 2 aromatic rings. The fourth-order valence-corrected chi connectivity index (χ4v) is 2.43. The van der Waals surface area contributed by atoms with Crippen molar-refractivity contribution in [2.24, 2.45) is 10.9 Å². The van der Waals surface area contributed by atoms with Crippen LogP contribution in [0.3, 0.4) is 0 Å². The molecule has 0 spiro atoms. The summed E-state index contributed by atoms with van der Waals surface area (Å²) in [7, 11) is 3.70. The fraction of sp³-hybridized carbons (Fsp3) is 0.412. The summed E-state index contributed by atoms with van der Waals surface area (Å²) in [5, 5.41) is 7.57. The van der Waals surface area contributed by atoms with Crippen molar-refractivity contribution in [3.63, 3.8) is 0 Å². The molecule has 2 rings (SSSR count). The molecule has 1 aromatic carbocycles. The molecule has 0 saturated carbocycles. The van der Waals surface area contributed by atoms with Crippen molar-refractivity contribution in [1.82, 2.24) is 20.0 Å². The average Bonchev–Trinajstić information content (AvgIpc) is 3.00. The molecule has 1 N–H and O–H groups in total. The van der Waals surface area contributed by atoms with Crippen LogP contribution in [-0.4, -0.2) is 41.3 Å². The highest BCUT2D eigenvalue weighted by atomic mass is 127. The molecule has 7 heteroatoms. The van der Waals surface area contributed by atoms with E-state index >= 15 is 0 Å². The van der Waals surface area contributed by atoms with E-state index < -0.39 is 0 Å². The highest BCUT2D eigenvalue weighted by molar-refractivity contribution is 14.0. The number of halogens is 2. The van der Waals surface area contributed by atoms with Gasteiger partial charge in [-0.3, -0.25) is 9.67 Å². The van der Waals surface area contributed by atoms with Crippen molar-refractivity contribution in [3.05, 3.63) is 54.1 Å². The van der Waals surface area contributed by atoms with Gasteiger partial charge in [0.1, 0.15) is 5.82 Å². The molecule has 5 nitrogen and oxygen atoms in total. The molecule has 132 valence electrons. The van der Waals surface area contributed by atoms with Gasteiger partial charge in [-0.1, -0.05) is 19.1 Å². The third-order valence-corrected chi connectivity index (χ3v) is 3.55. The maximum atomic E-state index is 13.3. The Balaban J connectivity index is 0.00000288. The predicted molar refractivity (Wildman–Crippen MR) is 106 cm³/mol. The molecule has 0 aliphatic heterocycles. The lowest BCUT2D eigenvalue weighted by Crippen LogP contribution is -2.40. The molecule has 0 radical (unpaired) electrons. The first-order valence-corrected chi connectivity index (χ1v) is 7.72. The van der Waals surface area contributed by atoms with Gasteiger partial charge in [-0.25, -0.2) is 4.39 Å². The number of aromatic nitrogens is 2. The Morgan fingerprint density at radius 2 is 2.21 bits per heavy atom. The van der Waals surface area contributed by atoms with Crippen LogP contribution in [0.1, 0.15) is 12.5 Å². The summed E-state index contributed by atoms with van der Waals surface area (Å²) in [5.74, 6) is 0.988. The molecule has 24 heavy (non-hydrogen) atoms. The first kappa shape index (κ1) is 20.4. The van der Waals surface area contributed by atoms with Crippen LogP contribution in [0.4, 0.5) is 4.39 Å². The number of guanidine groups is 1. The zero-order valence-electron chi connectivity index (χ0n) is 14.3. The summed E-state index contributed by atoms with van der Waals surface area (Å²) in [6.45, 7) is 4.41. The number of nitrogens with zero attached hydrogens (tertiary/aromatic N) is 4. The number of nitrogens with one attached hydrogen (secondary N) is 1. The summed E-state index contributed by atoms with van der Waals surface area (Å²) in [4.78, 5) is 6.27. The van der Waals surface area contributed by atoms with E-state index in [0.717, 1.165) is 24.6 Å². The van der Waals surface area contributed by atoms with Crippen LogP contribution >= 0.6 is 24.0 Å². The maximum absolute atomic E-state index is 13.3. The van der Waals surface area contributed by atoms with E-state index in [9.17, 15) is 4.39 Å². The summed E-state index contributed by atoms with van der Waals surface area (Å²) in [5.41, 5.74) is 0.917. The van der Waals surface area contributed by atoms with Crippen molar-refractivity contribution in [2.75, 3.05) is 20.6 Å². The van der Waals surface area contributed by atoms with E-state index in [1.54, 1.807) is 25.4 Å². The summed E-state index contributed by atoms with van der Waals surface area (Å²) in [6.07, 6.45) is 3.74. The van der Waals surface area contributed by atoms with Crippen LogP contribution in [0.5, 0.6) is 0 Å². The van der Waals surface area contributed by atoms with E-state index in [-0.39, 0.29) is 29.8 Å². The predicted octanol–water partition coefficient (Wildman–Crippen LogP) is 2.98. The Morgan fingerprint density at radius 3 is 2.83 bits per heavy atom. The van der Waals surface area contributed by atoms with Crippen molar-refractivity contribution in [1.29, 1.82) is 0 Å². The summed E-state index contributed by atoms with van der Waals surface area (Å²) < 4.78 is 15.2. The van der Waals surface area contributed by atoms with Crippen molar-refractivity contribution < 1.29 is 4.39 Å². The molecule has 0 aliphatic rings. The SMILES string of the molecule is CN=C(NCC(C)Cn1cccn1)N(C)Cc1cccc(F)c1.I. The molecule has 1 heterocycles. The number of hydrogen-bond acceptors (Lipinski definition) is 2. The molecular weight excluding hydrogens is 420 g/mol. The molecule has 0 saturated heterocycles. The van der Waals surface area contributed by atoms with Gasteiger partial charge >= 0.3 is 0 Å². The molecule has 0 fully saturated rings. The first-order chi connectivity index (χ1) is 11.1. The minimum atomic E-state index is -0.216. The van der Waals surface area contributed by atoms with E-state index in [2.05, 4.69) is 22.3 Å². The molecule has 0 bridgehead atoms. The summed E-state index contributed by atoms with van der Waals surface area (Å²) in [6, 6.07) is 8.55. The van der Waals surface area contributed by atoms with Gasteiger partial charge in [0.15, 0.2) is 5.96 Å².